The molecule has 0 atom stereocenters. The molecule has 8 nitrogen and oxygen atoms in total. The van der Waals surface area contributed by atoms with Crippen LogP contribution in [0.15, 0.2) is 29.0 Å². The van der Waals surface area contributed by atoms with Gasteiger partial charge in [-0.2, -0.15) is 0 Å². The van der Waals surface area contributed by atoms with E-state index in [0.717, 1.165) is 0 Å². The second-order valence-corrected chi connectivity index (χ2v) is 5.89. The lowest BCUT2D eigenvalue weighted by Crippen LogP contribution is -2.05. The molecule has 5 N–H and O–H groups in total. The Morgan fingerprint density at radius 1 is 1.48 bits per heavy atom. The van der Waals surface area contributed by atoms with Crippen LogP contribution in [-0.2, 0) is 4.74 Å². The predicted octanol–water partition coefficient (Wildman–Crippen LogP) is 3.22. The van der Waals surface area contributed by atoms with E-state index in [1.54, 1.807) is 25.1 Å². The van der Waals surface area contributed by atoms with Crippen molar-refractivity contribution < 1.29 is 9.53 Å². The molecule has 0 amide bonds. The van der Waals surface area contributed by atoms with Crippen molar-refractivity contribution in [3.8, 4) is 0 Å². The van der Waals surface area contributed by atoms with E-state index in [1.807, 2.05) is 0 Å². The predicted molar refractivity (Wildman–Crippen MR) is 99.6 cm³/mol. The number of ether oxygens (including phenoxy) is 1. The summed E-state index contributed by atoms with van der Waals surface area (Å²) in [6.45, 7) is 2.01. The van der Waals surface area contributed by atoms with Crippen LogP contribution in [-0.4, -0.2) is 33.7 Å². The van der Waals surface area contributed by atoms with Gasteiger partial charge in [-0.3, -0.25) is 0 Å². The Kier molecular flexibility index (Phi) is 4.66. The summed E-state index contributed by atoms with van der Waals surface area (Å²) in [5.41, 5.74) is 8.39. The fraction of sp³-hybridized carbons (Fsp3) is 0.125. The van der Waals surface area contributed by atoms with Crippen molar-refractivity contribution in [2.45, 2.75) is 6.92 Å². The third-order valence-corrected chi connectivity index (χ3v) is 4.31. The summed E-state index contributed by atoms with van der Waals surface area (Å²) in [5.74, 6) is 0.0290. The van der Waals surface area contributed by atoms with Crippen LogP contribution < -0.4 is 11.1 Å². The standard InChI is InChI=1S/C16H15BrN6O2/c1-2-25-16(24)13-12(17)11-14(20-7-21-15(11)23-13)22-9-3-4-10(19)8(5-9)6-18/h3-7,18H,2,19H2,1H3,(H2,20,21,22,23). The zero-order valence-electron chi connectivity index (χ0n) is 13.3. The van der Waals surface area contributed by atoms with Gasteiger partial charge < -0.3 is 26.2 Å². The zero-order valence-corrected chi connectivity index (χ0v) is 14.8. The van der Waals surface area contributed by atoms with Gasteiger partial charge in [-0.05, 0) is 41.1 Å². The summed E-state index contributed by atoms with van der Waals surface area (Å²) in [6, 6.07) is 5.23. The minimum atomic E-state index is -0.475. The SMILES string of the molecule is CCOC(=O)c1[nH]c2ncnc(Nc3ccc(N)c(C=N)c3)c2c1Br. The number of nitrogens with one attached hydrogen (secondary N) is 3. The first-order valence-electron chi connectivity index (χ1n) is 7.41. The number of carbonyl (C=O) groups excluding carboxylic acids is 1. The van der Waals surface area contributed by atoms with Crippen molar-refractivity contribution >= 4 is 56.3 Å². The van der Waals surface area contributed by atoms with Crippen LogP contribution in [0.4, 0.5) is 17.2 Å². The number of aromatic nitrogens is 3. The fourth-order valence-corrected chi connectivity index (χ4v) is 2.98. The number of halogens is 1. The second-order valence-electron chi connectivity index (χ2n) is 5.09. The van der Waals surface area contributed by atoms with Gasteiger partial charge in [0.25, 0.3) is 0 Å². The van der Waals surface area contributed by atoms with E-state index in [2.05, 4.69) is 36.2 Å². The molecule has 0 bridgehead atoms. The van der Waals surface area contributed by atoms with E-state index >= 15 is 0 Å². The minimum Gasteiger partial charge on any atom is -0.461 e. The molecule has 0 fully saturated rings. The molecule has 25 heavy (non-hydrogen) atoms. The number of esters is 1. The Morgan fingerprint density at radius 2 is 2.28 bits per heavy atom. The maximum absolute atomic E-state index is 12.0. The molecule has 0 spiro atoms. The van der Waals surface area contributed by atoms with Gasteiger partial charge in [0.2, 0.25) is 0 Å². The maximum Gasteiger partial charge on any atom is 0.355 e. The molecule has 2 heterocycles. The maximum atomic E-state index is 12.0. The molecule has 0 radical (unpaired) electrons. The molecule has 0 aliphatic rings. The first-order chi connectivity index (χ1) is 12.0. The number of fused-ring (bicyclic) bond motifs is 1. The molecule has 1 aromatic carbocycles. The smallest absolute Gasteiger partial charge is 0.355 e. The van der Waals surface area contributed by atoms with Gasteiger partial charge in [0.15, 0.2) is 0 Å². The Morgan fingerprint density at radius 3 is 3.00 bits per heavy atom. The monoisotopic (exact) mass is 402 g/mol. The van der Waals surface area contributed by atoms with Crippen LogP contribution in [0, 0.1) is 5.41 Å². The van der Waals surface area contributed by atoms with Crippen LogP contribution in [0.2, 0.25) is 0 Å². The van der Waals surface area contributed by atoms with Crippen molar-refractivity contribution in [1.82, 2.24) is 15.0 Å². The largest absolute Gasteiger partial charge is 0.461 e. The van der Waals surface area contributed by atoms with E-state index < -0.39 is 5.97 Å². The average Bonchev–Trinajstić information content (AvgIpc) is 2.95. The molecule has 0 unspecified atom stereocenters. The number of nitrogen functional groups attached to an aromatic ring is 1. The molecule has 9 heteroatoms. The van der Waals surface area contributed by atoms with Gasteiger partial charge in [0, 0.05) is 23.2 Å². The summed E-state index contributed by atoms with van der Waals surface area (Å²) in [6.07, 6.45) is 2.57. The second kappa shape index (κ2) is 6.89. The third kappa shape index (κ3) is 3.18. The van der Waals surface area contributed by atoms with Gasteiger partial charge in [0.1, 0.15) is 23.5 Å². The number of benzene rings is 1. The Balaban J connectivity index is 2.05. The van der Waals surface area contributed by atoms with Crippen LogP contribution >= 0.6 is 15.9 Å². The molecular weight excluding hydrogens is 388 g/mol. The summed E-state index contributed by atoms with van der Waals surface area (Å²) in [7, 11) is 0. The van der Waals surface area contributed by atoms with Crippen LogP contribution in [0.1, 0.15) is 23.0 Å². The third-order valence-electron chi connectivity index (χ3n) is 3.51. The summed E-state index contributed by atoms with van der Waals surface area (Å²) in [5, 5.41) is 11.2. The Hall–Kier alpha value is -2.94. The van der Waals surface area contributed by atoms with Gasteiger partial charge in [0.05, 0.1) is 16.5 Å². The van der Waals surface area contributed by atoms with Crippen molar-refractivity contribution in [3.05, 3.63) is 40.3 Å². The van der Waals surface area contributed by atoms with E-state index in [0.29, 0.717) is 38.3 Å². The van der Waals surface area contributed by atoms with E-state index in [-0.39, 0.29) is 12.3 Å². The number of H-pyrrole nitrogens is 1. The fourth-order valence-electron chi connectivity index (χ4n) is 2.34. The molecular formula is C16H15BrN6O2. The van der Waals surface area contributed by atoms with E-state index in [4.69, 9.17) is 15.9 Å². The highest BCUT2D eigenvalue weighted by Crippen LogP contribution is 2.33. The van der Waals surface area contributed by atoms with Crippen LogP contribution in [0.3, 0.4) is 0 Å². The number of aromatic amines is 1. The average molecular weight is 403 g/mol. The number of hydrogen-bond acceptors (Lipinski definition) is 7. The molecule has 3 aromatic rings. The summed E-state index contributed by atoms with van der Waals surface area (Å²) < 4.78 is 5.55. The molecule has 0 saturated carbocycles. The van der Waals surface area contributed by atoms with Gasteiger partial charge in [-0.15, -0.1) is 0 Å². The lowest BCUT2D eigenvalue weighted by molar-refractivity contribution is 0.0519. The van der Waals surface area contributed by atoms with Gasteiger partial charge in [-0.1, -0.05) is 0 Å². The first-order valence-corrected chi connectivity index (χ1v) is 8.20. The lowest BCUT2D eigenvalue weighted by Gasteiger charge is -2.09. The van der Waals surface area contributed by atoms with Crippen molar-refractivity contribution in [2.24, 2.45) is 0 Å². The van der Waals surface area contributed by atoms with Gasteiger partial charge >= 0.3 is 5.97 Å². The van der Waals surface area contributed by atoms with Crippen molar-refractivity contribution in [3.63, 3.8) is 0 Å². The number of nitrogens with zero attached hydrogens (tertiary/aromatic N) is 2. The van der Waals surface area contributed by atoms with Crippen molar-refractivity contribution in [2.75, 3.05) is 17.7 Å². The summed E-state index contributed by atoms with van der Waals surface area (Å²) >= 11 is 3.42. The van der Waals surface area contributed by atoms with E-state index in [9.17, 15) is 4.79 Å². The highest BCUT2D eigenvalue weighted by molar-refractivity contribution is 9.10. The topological polar surface area (TPSA) is 130 Å². The summed E-state index contributed by atoms with van der Waals surface area (Å²) in [4.78, 5) is 23.4. The van der Waals surface area contributed by atoms with Crippen molar-refractivity contribution in [1.29, 1.82) is 5.41 Å². The molecule has 2 aromatic heterocycles. The highest BCUT2D eigenvalue weighted by Gasteiger charge is 2.20. The number of anilines is 3. The molecule has 0 aliphatic carbocycles. The number of hydrogen-bond donors (Lipinski definition) is 4. The molecule has 3 rings (SSSR count). The molecule has 128 valence electrons. The van der Waals surface area contributed by atoms with Crippen LogP contribution in [0.5, 0.6) is 0 Å². The van der Waals surface area contributed by atoms with Gasteiger partial charge in [-0.25, -0.2) is 14.8 Å². The Bertz CT molecular complexity index is 969. The minimum absolute atomic E-state index is 0.273. The van der Waals surface area contributed by atoms with E-state index in [1.165, 1.54) is 12.5 Å². The number of rotatable bonds is 5. The Labute approximate surface area is 151 Å². The molecule has 0 saturated heterocycles. The number of nitrogens with two attached hydrogens (primary N) is 1. The highest BCUT2D eigenvalue weighted by atomic mass is 79.9. The normalized spacial score (nSPS) is 10.6. The zero-order chi connectivity index (χ0) is 18.0. The molecule has 0 aliphatic heterocycles. The van der Waals surface area contributed by atoms with Crippen LogP contribution in [0.25, 0.3) is 11.0 Å². The first kappa shape index (κ1) is 16.9. The number of carbonyl (C=O) groups is 1. The quantitative estimate of drug-likeness (QED) is 0.294. The lowest BCUT2D eigenvalue weighted by atomic mass is 10.1.